The second-order valence-corrected chi connectivity index (χ2v) is 3.86. The largest absolute Gasteiger partial charge is 0.491 e. The fourth-order valence-electron chi connectivity index (χ4n) is 1.63. The maximum absolute atomic E-state index is 13.2. The van der Waals surface area contributed by atoms with Crippen molar-refractivity contribution in [3.05, 3.63) is 47.5 Å². The normalized spacial score (nSPS) is 10.6. The van der Waals surface area contributed by atoms with Gasteiger partial charge in [0.1, 0.15) is 5.82 Å². The van der Waals surface area contributed by atoms with Crippen LogP contribution in [0.4, 0.5) is 4.39 Å². The second kappa shape index (κ2) is 4.69. The highest BCUT2D eigenvalue weighted by atomic mass is 19.1. The number of benzene rings is 1. The van der Waals surface area contributed by atoms with Gasteiger partial charge in [-0.2, -0.15) is 5.10 Å². The third-order valence-corrected chi connectivity index (χ3v) is 2.60. The first-order valence-electron chi connectivity index (χ1n) is 5.21. The molecule has 1 aromatic carbocycles. The zero-order valence-corrected chi connectivity index (χ0v) is 9.34. The molecule has 0 unspecified atom stereocenters. The smallest absolute Gasteiger partial charge is 0.423 e. The van der Waals surface area contributed by atoms with E-state index in [1.807, 2.05) is 13.0 Å². The Morgan fingerprint density at radius 3 is 2.71 bits per heavy atom. The summed E-state index contributed by atoms with van der Waals surface area (Å²) >= 11 is 0. The van der Waals surface area contributed by atoms with Crippen LogP contribution in [0.25, 0.3) is 0 Å². The summed E-state index contributed by atoms with van der Waals surface area (Å²) in [7, 11) is -1.80. The Morgan fingerprint density at radius 2 is 2.12 bits per heavy atom. The summed E-state index contributed by atoms with van der Waals surface area (Å²) in [6, 6.07) is 6.12. The van der Waals surface area contributed by atoms with E-state index < -0.39 is 12.9 Å². The first-order chi connectivity index (χ1) is 8.08. The zero-order valence-electron chi connectivity index (χ0n) is 9.34. The number of aromatic nitrogens is 2. The summed E-state index contributed by atoms with van der Waals surface area (Å²) in [5.74, 6) is -0.624. The van der Waals surface area contributed by atoms with Crippen molar-refractivity contribution in [2.75, 3.05) is 0 Å². The van der Waals surface area contributed by atoms with Crippen LogP contribution in [-0.2, 0) is 6.54 Å². The maximum Gasteiger partial charge on any atom is 0.491 e. The molecule has 1 aromatic heterocycles. The number of hydrogen-bond donors (Lipinski definition) is 2. The molecule has 0 spiro atoms. The third kappa shape index (κ3) is 2.54. The number of hydrogen-bond acceptors (Lipinski definition) is 3. The minimum absolute atomic E-state index is 0.118. The molecule has 0 fully saturated rings. The molecule has 2 N–H and O–H groups in total. The Kier molecular flexibility index (Phi) is 3.26. The molecular weight excluding hydrogens is 222 g/mol. The zero-order chi connectivity index (χ0) is 12.4. The van der Waals surface area contributed by atoms with Gasteiger partial charge in [-0.25, -0.2) is 4.39 Å². The SMILES string of the molecule is Cc1ccnn1Cc1ccc(F)c(B(O)O)c1. The van der Waals surface area contributed by atoms with E-state index in [0.717, 1.165) is 11.3 Å². The van der Waals surface area contributed by atoms with Gasteiger partial charge < -0.3 is 10.0 Å². The van der Waals surface area contributed by atoms with Gasteiger partial charge in [-0.3, -0.25) is 4.68 Å². The van der Waals surface area contributed by atoms with Gasteiger partial charge in [-0.15, -0.1) is 0 Å². The molecule has 4 nitrogen and oxygen atoms in total. The molecule has 0 aliphatic heterocycles. The van der Waals surface area contributed by atoms with Crippen LogP contribution in [0.15, 0.2) is 30.5 Å². The van der Waals surface area contributed by atoms with Gasteiger partial charge in [-0.05, 0) is 24.6 Å². The summed E-state index contributed by atoms with van der Waals surface area (Å²) in [5, 5.41) is 22.1. The summed E-state index contributed by atoms with van der Waals surface area (Å²) in [6.45, 7) is 2.39. The molecule has 0 radical (unpaired) electrons. The molecule has 0 aliphatic carbocycles. The van der Waals surface area contributed by atoms with Crippen molar-refractivity contribution in [1.29, 1.82) is 0 Å². The number of nitrogens with zero attached hydrogens (tertiary/aromatic N) is 2. The highest BCUT2D eigenvalue weighted by Crippen LogP contribution is 2.06. The molecule has 0 atom stereocenters. The average molecular weight is 234 g/mol. The van der Waals surface area contributed by atoms with Crippen molar-refractivity contribution >= 4 is 12.6 Å². The van der Waals surface area contributed by atoms with Crippen LogP contribution < -0.4 is 5.46 Å². The van der Waals surface area contributed by atoms with Crippen LogP contribution in [0.5, 0.6) is 0 Å². The van der Waals surface area contributed by atoms with Crippen molar-refractivity contribution in [2.45, 2.75) is 13.5 Å². The van der Waals surface area contributed by atoms with Gasteiger partial charge in [0.2, 0.25) is 0 Å². The second-order valence-electron chi connectivity index (χ2n) is 3.86. The minimum atomic E-state index is -1.80. The Balaban J connectivity index is 2.28. The summed E-state index contributed by atoms with van der Waals surface area (Å²) in [6.07, 6.45) is 1.68. The van der Waals surface area contributed by atoms with Crippen molar-refractivity contribution < 1.29 is 14.4 Å². The quantitative estimate of drug-likeness (QED) is 0.738. The molecule has 88 valence electrons. The highest BCUT2D eigenvalue weighted by Gasteiger charge is 2.16. The molecular formula is C11H12BFN2O2. The molecule has 1 heterocycles. The van der Waals surface area contributed by atoms with Crippen LogP contribution in [0, 0.1) is 12.7 Å². The van der Waals surface area contributed by atoms with E-state index in [9.17, 15) is 4.39 Å². The molecule has 2 aromatic rings. The van der Waals surface area contributed by atoms with Crippen LogP contribution in [-0.4, -0.2) is 26.9 Å². The molecule has 0 bridgehead atoms. The van der Waals surface area contributed by atoms with E-state index in [-0.39, 0.29) is 5.46 Å². The first kappa shape index (κ1) is 11.8. The van der Waals surface area contributed by atoms with Gasteiger partial charge in [0.15, 0.2) is 0 Å². The lowest BCUT2D eigenvalue weighted by molar-refractivity contribution is 0.423. The first-order valence-corrected chi connectivity index (χ1v) is 5.21. The minimum Gasteiger partial charge on any atom is -0.423 e. The van der Waals surface area contributed by atoms with Crippen molar-refractivity contribution in [3.8, 4) is 0 Å². The Labute approximate surface area is 98.5 Å². The van der Waals surface area contributed by atoms with Crippen LogP contribution in [0.3, 0.4) is 0 Å². The van der Waals surface area contributed by atoms with Crippen molar-refractivity contribution in [3.63, 3.8) is 0 Å². The van der Waals surface area contributed by atoms with Gasteiger partial charge in [0.05, 0.1) is 6.54 Å². The maximum atomic E-state index is 13.2. The fourth-order valence-corrected chi connectivity index (χ4v) is 1.63. The predicted octanol–water partition coefficient (Wildman–Crippen LogP) is 0.0587. The predicted molar refractivity (Wildman–Crippen MR) is 62.3 cm³/mol. The topological polar surface area (TPSA) is 58.3 Å². The standard InChI is InChI=1S/C11H12BFN2O2/c1-8-4-5-14-15(8)7-9-2-3-11(13)10(6-9)12(16)17/h2-6,16-17H,7H2,1H3. The molecule has 0 saturated heterocycles. The van der Waals surface area contributed by atoms with Gasteiger partial charge >= 0.3 is 7.12 Å². The van der Waals surface area contributed by atoms with Gasteiger partial charge in [0.25, 0.3) is 0 Å². The Bertz CT molecular complexity index is 528. The molecule has 2 rings (SSSR count). The molecule has 0 aliphatic rings. The fraction of sp³-hybridized carbons (Fsp3) is 0.182. The third-order valence-electron chi connectivity index (χ3n) is 2.60. The molecule has 17 heavy (non-hydrogen) atoms. The lowest BCUT2D eigenvalue weighted by Crippen LogP contribution is -2.33. The molecule has 0 saturated carbocycles. The van der Waals surface area contributed by atoms with Crippen molar-refractivity contribution in [2.24, 2.45) is 0 Å². The highest BCUT2D eigenvalue weighted by molar-refractivity contribution is 6.58. The van der Waals surface area contributed by atoms with E-state index in [4.69, 9.17) is 10.0 Å². The van der Waals surface area contributed by atoms with Crippen LogP contribution in [0.2, 0.25) is 0 Å². The number of halogens is 1. The van der Waals surface area contributed by atoms with Crippen LogP contribution in [0.1, 0.15) is 11.3 Å². The average Bonchev–Trinajstić information content (AvgIpc) is 2.67. The summed E-state index contributed by atoms with van der Waals surface area (Å²) in [4.78, 5) is 0. The number of rotatable bonds is 3. The number of aryl methyl sites for hydroxylation is 1. The van der Waals surface area contributed by atoms with E-state index in [2.05, 4.69) is 5.10 Å². The lowest BCUT2D eigenvalue weighted by atomic mass is 9.79. The summed E-state index contributed by atoms with van der Waals surface area (Å²) < 4.78 is 15.0. The van der Waals surface area contributed by atoms with E-state index in [1.165, 1.54) is 12.1 Å². The van der Waals surface area contributed by atoms with Crippen molar-refractivity contribution in [1.82, 2.24) is 9.78 Å². The van der Waals surface area contributed by atoms with E-state index in [1.54, 1.807) is 16.9 Å². The molecule has 0 amide bonds. The van der Waals surface area contributed by atoms with E-state index >= 15 is 0 Å². The van der Waals surface area contributed by atoms with Gasteiger partial charge in [0, 0.05) is 17.4 Å². The monoisotopic (exact) mass is 234 g/mol. The van der Waals surface area contributed by atoms with E-state index in [0.29, 0.717) is 6.54 Å². The van der Waals surface area contributed by atoms with Gasteiger partial charge in [-0.1, -0.05) is 12.1 Å². The lowest BCUT2D eigenvalue weighted by Gasteiger charge is -2.07. The Hall–Kier alpha value is -1.66. The van der Waals surface area contributed by atoms with Crippen LogP contribution >= 0.6 is 0 Å². The molecule has 6 heteroatoms. The summed E-state index contributed by atoms with van der Waals surface area (Å²) in [5.41, 5.74) is 1.63. The Morgan fingerprint density at radius 1 is 1.35 bits per heavy atom.